The Bertz CT molecular complexity index is 321. The number of nitrogens with one attached hydrogen (secondary N) is 1. The van der Waals surface area contributed by atoms with E-state index >= 15 is 0 Å². The van der Waals surface area contributed by atoms with Crippen molar-refractivity contribution < 1.29 is 4.79 Å². The van der Waals surface area contributed by atoms with Crippen LogP contribution in [0, 0.1) is 0 Å². The molecule has 4 heteroatoms. The molecule has 0 aliphatic heterocycles. The van der Waals surface area contributed by atoms with Crippen molar-refractivity contribution in [3.63, 3.8) is 0 Å². The third kappa shape index (κ3) is 2.70. The normalized spacial score (nSPS) is 9.80. The van der Waals surface area contributed by atoms with E-state index in [2.05, 4.69) is 5.32 Å². The van der Waals surface area contributed by atoms with Crippen molar-refractivity contribution in [3.05, 3.63) is 29.8 Å². The molecular weight excluding hydrogens is 190 g/mol. The minimum Gasteiger partial charge on any atom is -0.341 e. The summed E-state index contributed by atoms with van der Waals surface area (Å²) in [6.45, 7) is 3.10. The fourth-order valence-corrected chi connectivity index (χ4v) is 1.39. The van der Waals surface area contributed by atoms with Crippen molar-refractivity contribution in [1.82, 2.24) is 5.32 Å². The van der Waals surface area contributed by atoms with Crippen molar-refractivity contribution >= 4 is 11.7 Å². The first kappa shape index (κ1) is 11.5. The number of rotatable bonds is 3. The van der Waals surface area contributed by atoms with E-state index in [4.69, 9.17) is 5.73 Å². The molecular formula is C11H17N3O. The minimum absolute atomic E-state index is 0.0991. The number of nitrogens with zero attached hydrogens (tertiary/aromatic N) is 1. The van der Waals surface area contributed by atoms with E-state index in [0.29, 0.717) is 13.1 Å². The number of carbonyl (C=O) groups is 1. The SMILES string of the molecule is CCN(C(=O)NC)c1ccc(CN)cc1. The van der Waals surface area contributed by atoms with Gasteiger partial charge in [-0.25, -0.2) is 4.79 Å². The highest BCUT2D eigenvalue weighted by atomic mass is 16.2. The summed E-state index contributed by atoms with van der Waals surface area (Å²) in [5, 5.41) is 2.61. The molecule has 0 unspecified atom stereocenters. The summed E-state index contributed by atoms with van der Waals surface area (Å²) in [4.78, 5) is 13.2. The van der Waals surface area contributed by atoms with Gasteiger partial charge in [-0.15, -0.1) is 0 Å². The number of benzene rings is 1. The van der Waals surface area contributed by atoms with Gasteiger partial charge >= 0.3 is 6.03 Å². The molecule has 1 rings (SSSR count). The van der Waals surface area contributed by atoms with Gasteiger partial charge in [-0.2, -0.15) is 0 Å². The second-order valence-corrected chi connectivity index (χ2v) is 3.17. The Labute approximate surface area is 90.1 Å². The van der Waals surface area contributed by atoms with Gasteiger partial charge in [-0.3, -0.25) is 4.90 Å². The van der Waals surface area contributed by atoms with E-state index in [1.54, 1.807) is 11.9 Å². The van der Waals surface area contributed by atoms with Crippen LogP contribution in [-0.4, -0.2) is 19.6 Å². The van der Waals surface area contributed by atoms with Crippen LogP contribution in [0.2, 0.25) is 0 Å². The van der Waals surface area contributed by atoms with Crippen LogP contribution < -0.4 is 16.0 Å². The molecule has 1 aromatic carbocycles. The van der Waals surface area contributed by atoms with Crippen molar-refractivity contribution in [2.75, 3.05) is 18.5 Å². The van der Waals surface area contributed by atoms with Crippen molar-refractivity contribution in [2.24, 2.45) is 5.73 Å². The average Bonchev–Trinajstić information content (AvgIpc) is 2.30. The Kier molecular flexibility index (Phi) is 4.12. The quantitative estimate of drug-likeness (QED) is 0.785. The highest BCUT2D eigenvalue weighted by molar-refractivity contribution is 5.91. The summed E-state index contributed by atoms with van der Waals surface area (Å²) < 4.78 is 0. The average molecular weight is 207 g/mol. The lowest BCUT2D eigenvalue weighted by Gasteiger charge is -2.20. The van der Waals surface area contributed by atoms with Gasteiger partial charge in [-0.05, 0) is 24.6 Å². The molecule has 0 spiro atoms. The molecule has 0 atom stereocenters. The number of urea groups is 1. The molecule has 0 heterocycles. The predicted octanol–water partition coefficient (Wildman–Crippen LogP) is 1.31. The molecule has 0 bridgehead atoms. The lowest BCUT2D eigenvalue weighted by Crippen LogP contribution is -2.37. The third-order valence-electron chi connectivity index (χ3n) is 2.26. The van der Waals surface area contributed by atoms with Gasteiger partial charge < -0.3 is 11.1 Å². The second-order valence-electron chi connectivity index (χ2n) is 3.17. The van der Waals surface area contributed by atoms with Gasteiger partial charge in [-0.1, -0.05) is 12.1 Å². The number of nitrogens with two attached hydrogens (primary N) is 1. The molecule has 82 valence electrons. The largest absolute Gasteiger partial charge is 0.341 e. The van der Waals surface area contributed by atoms with Crippen LogP contribution >= 0.6 is 0 Å². The first-order chi connectivity index (χ1) is 7.22. The first-order valence-corrected chi connectivity index (χ1v) is 5.01. The minimum atomic E-state index is -0.0991. The van der Waals surface area contributed by atoms with E-state index in [9.17, 15) is 4.79 Å². The van der Waals surface area contributed by atoms with E-state index in [1.807, 2.05) is 31.2 Å². The van der Waals surface area contributed by atoms with Crippen molar-refractivity contribution in [3.8, 4) is 0 Å². The monoisotopic (exact) mass is 207 g/mol. The first-order valence-electron chi connectivity index (χ1n) is 5.01. The van der Waals surface area contributed by atoms with Crippen molar-refractivity contribution in [1.29, 1.82) is 0 Å². The Morgan fingerprint density at radius 3 is 2.40 bits per heavy atom. The van der Waals surface area contributed by atoms with E-state index in [-0.39, 0.29) is 6.03 Å². The van der Waals surface area contributed by atoms with Gasteiger partial charge in [0.1, 0.15) is 0 Å². The van der Waals surface area contributed by atoms with Gasteiger partial charge in [0.2, 0.25) is 0 Å². The zero-order chi connectivity index (χ0) is 11.3. The zero-order valence-electron chi connectivity index (χ0n) is 9.16. The molecule has 4 nitrogen and oxygen atoms in total. The number of carbonyl (C=O) groups excluding carboxylic acids is 1. The van der Waals surface area contributed by atoms with Crippen LogP contribution in [0.3, 0.4) is 0 Å². The van der Waals surface area contributed by atoms with Crippen LogP contribution in [0.5, 0.6) is 0 Å². The van der Waals surface area contributed by atoms with Crippen LogP contribution in [0.25, 0.3) is 0 Å². The summed E-state index contributed by atoms with van der Waals surface area (Å²) in [5.41, 5.74) is 7.45. The number of anilines is 1. The maximum atomic E-state index is 11.5. The van der Waals surface area contributed by atoms with E-state index in [1.165, 1.54) is 0 Å². The standard InChI is InChI=1S/C11H17N3O/c1-3-14(11(15)13-2)10-6-4-9(8-12)5-7-10/h4-7H,3,8,12H2,1-2H3,(H,13,15). The molecule has 0 fully saturated rings. The Balaban J connectivity index is 2.87. The molecule has 0 saturated carbocycles. The lowest BCUT2D eigenvalue weighted by atomic mass is 10.2. The molecule has 0 aliphatic carbocycles. The predicted molar refractivity (Wildman–Crippen MR) is 61.8 cm³/mol. The van der Waals surface area contributed by atoms with Crippen LogP contribution in [0.4, 0.5) is 10.5 Å². The summed E-state index contributed by atoms with van der Waals surface area (Å²) in [6, 6.07) is 7.57. The highest BCUT2D eigenvalue weighted by Crippen LogP contribution is 2.14. The third-order valence-corrected chi connectivity index (χ3v) is 2.26. The summed E-state index contributed by atoms with van der Waals surface area (Å²) >= 11 is 0. The molecule has 3 N–H and O–H groups in total. The van der Waals surface area contributed by atoms with Crippen molar-refractivity contribution in [2.45, 2.75) is 13.5 Å². The Hall–Kier alpha value is -1.55. The summed E-state index contributed by atoms with van der Waals surface area (Å²) in [6.07, 6.45) is 0. The summed E-state index contributed by atoms with van der Waals surface area (Å²) in [5.74, 6) is 0. The lowest BCUT2D eigenvalue weighted by molar-refractivity contribution is 0.248. The highest BCUT2D eigenvalue weighted by Gasteiger charge is 2.10. The maximum Gasteiger partial charge on any atom is 0.321 e. The number of amides is 2. The topological polar surface area (TPSA) is 58.4 Å². The van der Waals surface area contributed by atoms with E-state index < -0.39 is 0 Å². The van der Waals surface area contributed by atoms with Crippen LogP contribution in [-0.2, 0) is 6.54 Å². The molecule has 2 amide bonds. The fraction of sp³-hybridized carbons (Fsp3) is 0.364. The molecule has 1 aromatic rings. The molecule has 0 aliphatic rings. The second kappa shape index (κ2) is 5.36. The smallest absolute Gasteiger partial charge is 0.321 e. The molecule has 15 heavy (non-hydrogen) atoms. The summed E-state index contributed by atoms with van der Waals surface area (Å²) in [7, 11) is 1.62. The molecule has 0 radical (unpaired) electrons. The van der Waals surface area contributed by atoms with Gasteiger partial charge in [0.15, 0.2) is 0 Å². The van der Waals surface area contributed by atoms with Crippen LogP contribution in [0.1, 0.15) is 12.5 Å². The molecule has 0 saturated heterocycles. The maximum absolute atomic E-state index is 11.5. The number of hydrogen-bond donors (Lipinski definition) is 2. The van der Waals surface area contributed by atoms with E-state index in [0.717, 1.165) is 11.3 Å². The van der Waals surface area contributed by atoms with Gasteiger partial charge in [0.05, 0.1) is 0 Å². The zero-order valence-corrected chi connectivity index (χ0v) is 9.16. The molecule has 0 aromatic heterocycles. The van der Waals surface area contributed by atoms with Gasteiger partial charge in [0, 0.05) is 25.8 Å². The van der Waals surface area contributed by atoms with Crippen LogP contribution in [0.15, 0.2) is 24.3 Å². The number of hydrogen-bond acceptors (Lipinski definition) is 2. The Morgan fingerprint density at radius 2 is 2.00 bits per heavy atom. The fourth-order valence-electron chi connectivity index (χ4n) is 1.39. The Morgan fingerprint density at radius 1 is 1.40 bits per heavy atom. The van der Waals surface area contributed by atoms with Gasteiger partial charge in [0.25, 0.3) is 0 Å².